The largest absolute Gasteiger partial charge is 0.496 e. The standard InChI is InChI=1S/C16H17ClN2O5/c1-19(8-10-4-3-5-23-10)15(20)9-24-16(21)11-6-12(17)13(18)7-14(11)22-2/h3-7H,8-9,18H2,1-2H3. The molecule has 24 heavy (non-hydrogen) atoms. The molecule has 0 radical (unpaired) electrons. The van der Waals surface area contributed by atoms with Gasteiger partial charge in [0.15, 0.2) is 6.61 Å². The molecule has 0 aliphatic carbocycles. The van der Waals surface area contributed by atoms with Crippen LogP contribution in [0.5, 0.6) is 5.75 Å². The van der Waals surface area contributed by atoms with Crippen molar-refractivity contribution in [2.75, 3.05) is 26.5 Å². The lowest BCUT2D eigenvalue weighted by molar-refractivity contribution is -0.134. The third-order valence-corrected chi connectivity index (χ3v) is 3.59. The Morgan fingerprint density at radius 1 is 1.38 bits per heavy atom. The number of rotatable bonds is 6. The van der Waals surface area contributed by atoms with E-state index < -0.39 is 12.6 Å². The number of hydrogen-bond donors (Lipinski definition) is 1. The van der Waals surface area contributed by atoms with Crippen LogP contribution in [0.25, 0.3) is 0 Å². The predicted octanol–water partition coefficient (Wildman–Crippen LogP) is 2.34. The number of anilines is 1. The van der Waals surface area contributed by atoms with Crippen molar-refractivity contribution in [2.45, 2.75) is 6.54 Å². The zero-order valence-corrected chi connectivity index (χ0v) is 14.0. The minimum absolute atomic E-state index is 0.0955. The van der Waals surface area contributed by atoms with Gasteiger partial charge in [-0.2, -0.15) is 0 Å². The van der Waals surface area contributed by atoms with Gasteiger partial charge < -0.3 is 24.5 Å². The summed E-state index contributed by atoms with van der Waals surface area (Å²) in [5, 5.41) is 0.198. The number of esters is 1. The van der Waals surface area contributed by atoms with Crippen LogP contribution in [-0.4, -0.2) is 37.5 Å². The number of amides is 1. The minimum Gasteiger partial charge on any atom is -0.496 e. The van der Waals surface area contributed by atoms with Gasteiger partial charge in [0.1, 0.15) is 17.1 Å². The van der Waals surface area contributed by atoms with Gasteiger partial charge in [-0.15, -0.1) is 0 Å². The SMILES string of the molecule is COc1cc(N)c(Cl)cc1C(=O)OCC(=O)N(C)Cc1ccco1. The fourth-order valence-corrected chi connectivity index (χ4v) is 2.10. The lowest BCUT2D eigenvalue weighted by atomic mass is 10.2. The van der Waals surface area contributed by atoms with E-state index in [1.807, 2.05) is 0 Å². The molecule has 7 nitrogen and oxygen atoms in total. The summed E-state index contributed by atoms with van der Waals surface area (Å²) in [6.45, 7) is -0.137. The van der Waals surface area contributed by atoms with Gasteiger partial charge in [0.2, 0.25) is 0 Å². The van der Waals surface area contributed by atoms with Gasteiger partial charge in [-0.3, -0.25) is 4.79 Å². The van der Waals surface area contributed by atoms with Crippen molar-refractivity contribution >= 4 is 29.2 Å². The number of halogens is 1. The lowest BCUT2D eigenvalue weighted by Crippen LogP contribution is -2.30. The number of methoxy groups -OCH3 is 1. The number of nitrogens with zero attached hydrogens (tertiary/aromatic N) is 1. The smallest absolute Gasteiger partial charge is 0.342 e. The number of furan rings is 1. The molecule has 0 unspecified atom stereocenters. The van der Waals surface area contributed by atoms with E-state index >= 15 is 0 Å². The molecule has 2 N–H and O–H groups in total. The Morgan fingerprint density at radius 2 is 2.12 bits per heavy atom. The van der Waals surface area contributed by atoms with Gasteiger partial charge in [0.25, 0.3) is 5.91 Å². The molecule has 128 valence electrons. The van der Waals surface area contributed by atoms with Gasteiger partial charge in [-0.1, -0.05) is 11.6 Å². The molecule has 8 heteroatoms. The number of nitrogens with two attached hydrogens (primary N) is 1. The first-order valence-corrected chi connectivity index (χ1v) is 7.36. The summed E-state index contributed by atoms with van der Waals surface area (Å²) in [4.78, 5) is 25.5. The fraction of sp³-hybridized carbons (Fsp3) is 0.250. The van der Waals surface area contributed by atoms with Crippen molar-refractivity contribution in [3.63, 3.8) is 0 Å². The summed E-state index contributed by atoms with van der Waals surface area (Å²) in [6.07, 6.45) is 1.52. The number of benzene rings is 1. The minimum atomic E-state index is -0.728. The molecule has 0 fully saturated rings. The molecule has 0 saturated carbocycles. The van der Waals surface area contributed by atoms with Crippen LogP contribution in [0.1, 0.15) is 16.1 Å². The van der Waals surface area contributed by atoms with Gasteiger partial charge in [0.05, 0.1) is 30.6 Å². The summed E-state index contributed by atoms with van der Waals surface area (Å²) < 4.78 is 15.3. The highest BCUT2D eigenvalue weighted by molar-refractivity contribution is 6.33. The molecule has 2 aromatic rings. The second-order valence-corrected chi connectivity index (χ2v) is 5.39. The third kappa shape index (κ3) is 4.20. The van der Waals surface area contributed by atoms with E-state index in [-0.39, 0.29) is 34.5 Å². The Bertz CT molecular complexity index is 730. The molecule has 1 aromatic carbocycles. The Balaban J connectivity index is 1.97. The average Bonchev–Trinajstić information content (AvgIpc) is 3.07. The number of carbonyl (C=O) groups is 2. The van der Waals surface area contributed by atoms with Crippen molar-refractivity contribution in [1.29, 1.82) is 0 Å². The highest BCUT2D eigenvalue weighted by Crippen LogP contribution is 2.29. The van der Waals surface area contributed by atoms with Crippen LogP contribution in [-0.2, 0) is 16.1 Å². The van der Waals surface area contributed by atoms with Crippen molar-refractivity contribution in [1.82, 2.24) is 4.90 Å². The van der Waals surface area contributed by atoms with Crippen LogP contribution in [0.15, 0.2) is 34.9 Å². The molecular formula is C16H17ClN2O5. The molecule has 0 aliphatic heterocycles. The van der Waals surface area contributed by atoms with E-state index in [1.54, 1.807) is 19.2 Å². The van der Waals surface area contributed by atoms with Crippen molar-refractivity contribution in [2.24, 2.45) is 0 Å². The molecule has 0 saturated heterocycles. The molecule has 0 spiro atoms. The summed E-state index contributed by atoms with van der Waals surface area (Å²) in [6, 6.07) is 6.24. The molecule has 2 rings (SSSR count). The van der Waals surface area contributed by atoms with Gasteiger partial charge >= 0.3 is 5.97 Å². The van der Waals surface area contributed by atoms with Gasteiger partial charge in [-0.05, 0) is 18.2 Å². The quantitative estimate of drug-likeness (QED) is 0.633. The zero-order chi connectivity index (χ0) is 17.7. The summed E-state index contributed by atoms with van der Waals surface area (Å²) >= 11 is 5.91. The Kier molecular flexibility index (Phi) is 5.70. The Labute approximate surface area is 143 Å². The van der Waals surface area contributed by atoms with Gasteiger partial charge in [0, 0.05) is 13.1 Å². The van der Waals surface area contributed by atoms with E-state index in [1.165, 1.54) is 30.4 Å². The van der Waals surface area contributed by atoms with Crippen LogP contribution >= 0.6 is 11.6 Å². The fourth-order valence-electron chi connectivity index (χ4n) is 1.94. The van der Waals surface area contributed by atoms with Gasteiger partial charge in [-0.25, -0.2) is 4.79 Å². The lowest BCUT2D eigenvalue weighted by Gasteiger charge is -2.16. The van der Waals surface area contributed by atoms with Crippen LogP contribution in [0.2, 0.25) is 5.02 Å². The average molecular weight is 353 g/mol. The van der Waals surface area contributed by atoms with Crippen molar-refractivity contribution in [3.8, 4) is 5.75 Å². The zero-order valence-electron chi connectivity index (χ0n) is 13.2. The second-order valence-electron chi connectivity index (χ2n) is 4.98. The molecular weight excluding hydrogens is 336 g/mol. The molecule has 1 amide bonds. The van der Waals surface area contributed by atoms with Crippen LogP contribution in [0.3, 0.4) is 0 Å². The number of carbonyl (C=O) groups excluding carboxylic acids is 2. The Morgan fingerprint density at radius 3 is 2.75 bits per heavy atom. The molecule has 1 heterocycles. The first-order valence-electron chi connectivity index (χ1n) is 6.99. The molecule has 1 aromatic heterocycles. The molecule has 0 bridgehead atoms. The Hall–Kier alpha value is -2.67. The maximum Gasteiger partial charge on any atom is 0.342 e. The normalized spacial score (nSPS) is 10.3. The number of nitrogen functional groups attached to an aromatic ring is 1. The van der Waals surface area contributed by atoms with E-state index in [2.05, 4.69) is 0 Å². The summed E-state index contributed by atoms with van der Waals surface area (Å²) in [5.41, 5.74) is 6.03. The van der Waals surface area contributed by atoms with Crippen LogP contribution in [0.4, 0.5) is 5.69 Å². The highest BCUT2D eigenvalue weighted by atomic mass is 35.5. The number of likely N-dealkylation sites (N-methyl/N-ethyl adjacent to an activating group) is 1. The number of hydrogen-bond acceptors (Lipinski definition) is 6. The molecule has 0 atom stereocenters. The van der Waals surface area contributed by atoms with Crippen molar-refractivity contribution < 1.29 is 23.5 Å². The topological polar surface area (TPSA) is 95.0 Å². The third-order valence-electron chi connectivity index (χ3n) is 3.26. The maximum atomic E-state index is 12.1. The van der Waals surface area contributed by atoms with Crippen LogP contribution in [0, 0.1) is 0 Å². The highest BCUT2D eigenvalue weighted by Gasteiger charge is 2.19. The number of ether oxygens (including phenoxy) is 2. The van der Waals surface area contributed by atoms with Crippen LogP contribution < -0.4 is 10.5 Å². The molecule has 0 aliphatic rings. The summed E-state index contributed by atoms with van der Waals surface area (Å²) in [5.74, 6) is -0.254. The van der Waals surface area contributed by atoms with E-state index in [4.69, 9.17) is 31.2 Å². The first-order chi connectivity index (χ1) is 11.4. The first kappa shape index (κ1) is 17.7. The van der Waals surface area contributed by atoms with E-state index in [0.29, 0.717) is 5.76 Å². The maximum absolute atomic E-state index is 12.1. The van der Waals surface area contributed by atoms with E-state index in [0.717, 1.165) is 0 Å². The van der Waals surface area contributed by atoms with E-state index in [9.17, 15) is 9.59 Å². The predicted molar refractivity (Wildman–Crippen MR) is 87.9 cm³/mol. The van der Waals surface area contributed by atoms with Crippen molar-refractivity contribution in [3.05, 3.63) is 46.9 Å². The summed E-state index contributed by atoms with van der Waals surface area (Å²) in [7, 11) is 2.97. The second kappa shape index (κ2) is 7.74. The monoisotopic (exact) mass is 352 g/mol.